The molecule has 0 N–H and O–H groups in total. The molecule has 1 aliphatic rings. The number of aromatic nitrogens is 2. The van der Waals surface area contributed by atoms with Crippen LogP contribution in [0.3, 0.4) is 0 Å². The predicted octanol–water partition coefficient (Wildman–Crippen LogP) is 4.95. The minimum absolute atomic E-state index is 0.250. The number of likely N-dealkylation sites (N-methyl/N-ethyl adjacent to an activating group) is 1. The Kier molecular flexibility index (Phi) is 6.18. The van der Waals surface area contributed by atoms with E-state index in [1.54, 1.807) is 18.2 Å². The average Bonchev–Trinajstić information content (AvgIpc) is 3.42. The van der Waals surface area contributed by atoms with Gasteiger partial charge in [-0.1, -0.05) is 12.1 Å². The molecule has 32 heavy (non-hydrogen) atoms. The largest absolute Gasteiger partial charge is 0.573 e. The summed E-state index contributed by atoms with van der Waals surface area (Å²) in [7, 11) is 4.21. The van der Waals surface area contributed by atoms with E-state index in [2.05, 4.69) is 38.8 Å². The van der Waals surface area contributed by atoms with Crippen molar-refractivity contribution in [1.82, 2.24) is 15.1 Å². The number of hydrogen-bond donors (Lipinski definition) is 0. The molecule has 0 amide bonds. The molecule has 3 aromatic rings. The number of hydrogen-bond acceptors (Lipinski definition) is 6. The van der Waals surface area contributed by atoms with Gasteiger partial charge in [0.2, 0.25) is 11.8 Å². The van der Waals surface area contributed by atoms with E-state index in [0.717, 1.165) is 30.8 Å². The Balaban J connectivity index is 1.41. The fraction of sp³-hybridized carbons (Fsp3) is 0.304. The number of rotatable bonds is 6. The van der Waals surface area contributed by atoms with Crippen LogP contribution in [0.5, 0.6) is 5.75 Å². The summed E-state index contributed by atoms with van der Waals surface area (Å²) in [5.74, 6) is 0.332. The van der Waals surface area contributed by atoms with Crippen molar-refractivity contribution in [2.45, 2.75) is 18.8 Å². The Hall–Kier alpha value is -3.33. The zero-order valence-electron chi connectivity index (χ0n) is 17.7. The van der Waals surface area contributed by atoms with Gasteiger partial charge in [-0.3, -0.25) is 0 Å². The van der Waals surface area contributed by atoms with Crippen molar-refractivity contribution in [1.29, 1.82) is 0 Å². The predicted molar refractivity (Wildman–Crippen MR) is 116 cm³/mol. The summed E-state index contributed by atoms with van der Waals surface area (Å²) < 4.78 is 46.7. The molecule has 1 atom stereocenters. The van der Waals surface area contributed by atoms with Gasteiger partial charge in [-0.05, 0) is 68.6 Å². The fourth-order valence-electron chi connectivity index (χ4n) is 3.61. The SMILES string of the molecule is CN(C)C1CCN(c2ccc(-c3nnc(C=Cc4cccc(OC(F)(F)F)c4)o3)cc2)C1. The smallest absolute Gasteiger partial charge is 0.417 e. The third-order valence-corrected chi connectivity index (χ3v) is 5.32. The lowest BCUT2D eigenvalue weighted by molar-refractivity contribution is -0.274. The van der Waals surface area contributed by atoms with Crippen LogP contribution in [0.4, 0.5) is 18.9 Å². The van der Waals surface area contributed by atoms with Gasteiger partial charge in [0.25, 0.3) is 0 Å². The van der Waals surface area contributed by atoms with E-state index < -0.39 is 6.36 Å². The molecule has 0 spiro atoms. The second-order valence-electron chi connectivity index (χ2n) is 7.80. The molecule has 0 bridgehead atoms. The van der Waals surface area contributed by atoms with E-state index in [4.69, 9.17) is 4.42 Å². The maximum atomic E-state index is 12.4. The van der Waals surface area contributed by atoms with Gasteiger partial charge in [0.05, 0.1) is 0 Å². The second kappa shape index (κ2) is 9.04. The number of nitrogens with zero attached hydrogens (tertiary/aromatic N) is 4. The van der Waals surface area contributed by atoms with Crippen LogP contribution >= 0.6 is 0 Å². The van der Waals surface area contributed by atoms with Crippen LogP contribution in [0.25, 0.3) is 23.6 Å². The zero-order chi connectivity index (χ0) is 22.7. The molecule has 1 unspecified atom stereocenters. The third-order valence-electron chi connectivity index (χ3n) is 5.32. The molecular formula is C23H23F3N4O2. The van der Waals surface area contributed by atoms with Crippen LogP contribution in [0.15, 0.2) is 52.9 Å². The fourth-order valence-corrected chi connectivity index (χ4v) is 3.61. The summed E-state index contributed by atoms with van der Waals surface area (Å²) in [6.07, 6.45) is -0.469. The average molecular weight is 444 g/mol. The maximum absolute atomic E-state index is 12.4. The topological polar surface area (TPSA) is 54.6 Å². The second-order valence-corrected chi connectivity index (χ2v) is 7.80. The minimum atomic E-state index is -4.73. The van der Waals surface area contributed by atoms with Gasteiger partial charge in [-0.2, -0.15) is 0 Å². The van der Waals surface area contributed by atoms with Crippen molar-refractivity contribution in [3.05, 3.63) is 60.0 Å². The van der Waals surface area contributed by atoms with Gasteiger partial charge < -0.3 is 19.0 Å². The van der Waals surface area contributed by atoms with Crippen molar-refractivity contribution in [3.63, 3.8) is 0 Å². The molecule has 6 nitrogen and oxygen atoms in total. The summed E-state index contributed by atoms with van der Waals surface area (Å²) in [5, 5.41) is 8.05. The molecule has 9 heteroatoms. The van der Waals surface area contributed by atoms with Crippen LogP contribution in [-0.2, 0) is 0 Å². The molecule has 1 fully saturated rings. The molecule has 2 aromatic carbocycles. The zero-order valence-corrected chi connectivity index (χ0v) is 17.7. The monoisotopic (exact) mass is 444 g/mol. The third kappa shape index (κ3) is 5.47. The Bertz CT molecular complexity index is 1080. The van der Waals surface area contributed by atoms with Gasteiger partial charge in [0.15, 0.2) is 0 Å². The molecule has 1 saturated heterocycles. The van der Waals surface area contributed by atoms with Crippen LogP contribution in [0.2, 0.25) is 0 Å². The molecular weight excluding hydrogens is 421 g/mol. The van der Waals surface area contributed by atoms with E-state index in [0.29, 0.717) is 17.5 Å². The quantitative estimate of drug-likeness (QED) is 0.537. The number of anilines is 1. The van der Waals surface area contributed by atoms with Crippen LogP contribution in [-0.4, -0.2) is 54.7 Å². The summed E-state index contributed by atoms with van der Waals surface area (Å²) in [4.78, 5) is 4.61. The first-order valence-corrected chi connectivity index (χ1v) is 10.2. The van der Waals surface area contributed by atoms with Gasteiger partial charge in [0, 0.05) is 36.5 Å². The Morgan fingerprint density at radius 3 is 2.56 bits per heavy atom. The van der Waals surface area contributed by atoms with Crippen molar-refractivity contribution in [2.24, 2.45) is 0 Å². The van der Waals surface area contributed by atoms with E-state index in [1.165, 1.54) is 18.2 Å². The Labute approximate surface area is 183 Å². The lowest BCUT2D eigenvalue weighted by atomic mass is 10.2. The highest BCUT2D eigenvalue weighted by molar-refractivity contribution is 5.67. The van der Waals surface area contributed by atoms with Crippen LogP contribution in [0, 0.1) is 0 Å². The lowest BCUT2D eigenvalue weighted by Gasteiger charge is -2.21. The minimum Gasteiger partial charge on any atom is -0.417 e. The van der Waals surface area contributed by atoms with Crippen molar-refractivity contribution in [3.8, 4) is 17.2 Å². The van der Waals surface area contributed by atoms with Gasteiger partial charge >= 0.3 is 6.36 Å². The standard InChI is InChI=1S/C23H23F3N4O2/c1-29(2)19-12-13-30(15-19)18-9-7-17(8-10-18)22-28-27-21(31-22)11-6-16-4-3-5-20(14-16)32-23(24,25)26/h3-11,14,19H,12-13,15H2,1-2H3. The number of alkyl halides is 3. The molecule has 1 aromatic heterocycles. The van der Waals surface area contributed by atoms with E-state index >= 15 is 0 Å². The van der Waals surface area contributed by atoms with Gasteiger partial charge in [0.1, 0.15) is 5.75 Å². The van der Waals surface area contributed by atoms with E-state index in [9.17, 15) is 13.2 Å². The Morgan fingerprint density at radius 1 is 1.09 bits per heavy atom. The van der Waals surface area contributed by atoms with Crippen molar-refractivity contribution >= 4 is 17.8 Å². The summed E-state index contributed by atoms with van der Waals surface area (Å²) in [6.45, 7) is 2.02. The molecule has 0 aliphatic carbocycles. The first-order chi connectivity index (χ1) is 15.3. The van der Waals surface area contributed by atoms with Crippen LogP contribution in [0.1, 0.15) is 17.9 Å². The molecule has 0 saturated carbocycles. The van der Waals surface area contributed by atoms with Gasteiger partial charge in [-0.25, -0.2) is 0 Å². The summed E-state index contributed by atoms with van der Waals surface area (Å²) in [6, 6.07) is 14.2. The molecule has 1 aliphatic heterocycles. The molecule has 0 radical (unpaired) electrons. The highest BCUT2D eigenvalue weighted by Gasteiger charge is 2.31. The molecule has 2 heterocycles. The Morgan fingerprint density at radius 2 is 1.88 bits per heavy atom. The van der Waals surface area contributed by atoms with E-state index in [1.807, 2.05) is 24.3 Å². The van der Waals surface area contributed by atoms with Crippen LogP contribution < -0.4 is 9.64 Å². The number of halogens is 3. The summed E-state index contributed by atoms with van der Waals surface area (Å²) >= 11 is 0. The van der Waals surface area contributed by atoms with Crippen molar-refractivity contribution in [2.75, 3.05) is 32.1 Å². The highest BCUT2D eigenvalue weighted by atomic mass is 19.4. The molecule has 168 valence electrons. The summed E-state index contributed by atoms with van der Waals surface area (Å²) in [5.41, 5.74) is 2.46. The number of ether oxygens (including phenoxy) is 1. The first-order valence-electron chi connectivity index (χ1n) is 10.2. The highest BCUT2D eigenvalue weighted by Crippen LogP contribution is 2.27. The van der Waals surface area contributed by atoms with Gasteiger partial charge in [-0.15, -0.1) is 23.4 Å². The first kappa shape index (κ1) is 21.9. The number of benzene rings is 2. The molecule has 4 rings (SSSR count). The maximum Gasteiger partial charge on any atom is 0.573 e. The lowest BCUT2D eigenvalue weighted by Crippen LogP contribution is -2.31. The normalized spacial score (nSPS) is 16.9. The van der Waals surface area contributed by atoms with E-state index in [-0.39, 0.29) is 11.6 Å². The van der Waals surface area contributed by atoms with Crippen molar-refractivity contribution < 1.29 is 22.3 Å².